The molecule has 1 fully saturated rings. The highest BCUT2D eigenvalue weighted by atomic mass is 32.1. The Morgan fingerprint density at radius 3 is 2.72 bits per heavy atom. The number of hydrogen-bond acceptors (Lipinski definition) is 6. The van der Waals surface area contributed by atoms with E-state index in [4.69, 9.17) is 5.73 Å². The van der Waals surface area contributed by atoms with E-state index >= 15 is 0 Å². The average molecular weight is 413 g/mol. The standard InChI is InChI=1S/C20H24N6O2S/c21-20(28)19-18(15-3-1-2-4-16(15)29-19)14-7-5-13(6-8-14)11-22-17(27)9-10-26-12-23-24-25-26/h1-4,12-14H,5-11H2,(H2,21,28)(H,22,27). The average Bonchev–Trinajstić information content (AvgIpc) is 3.39. The molecule has 0 bridgehead atoms. The van der Waals surface area contributed by atoms with Crippen LogP contribution in [0.5, 0.6) is 0 Å². The third-order valence-electron chi connectivity index (χ3n) is 5.66. The van der Waals surface area contributed by atoms with E-state index in [1.54, 1.807) is 4.68 Å². The molecule has 0 spiro atoms. The molecule has 4 rings (SSSR count). The molecular weight excluding hydrogens is 388 g/mol. The van der Waals surface area contributed by atoms with Gasteiger partial charge in [-0.15, -0.1) is 16.4 Å². The fraction of sp³-hybridized carbons (Fsp3) is 0.450. The molecule has 3 N–H and O–H groups in total. The highest BCUT2D eigenvalue weighted by Crippen LogP contribution is 2.43. The number of carbonyl (C=O) groups excluding carboxylic acids is 2. The van der Waals surface area contributed by atoms with Crippen LogP contribution in [0, 0.1) is 5.92 Å². The number of hydrogen-bond donors (Lipinski definition) is 2. The van der Waals surface area contributed by atoms with Gasteiger partial charge < -0.3 is 11.1 Å². The lowest BCUT2D eigenvalue weighted by atomic mass is 9.77. The second kappa shape index (κ2) is 8.69. The summed E-state index contributed by atoms with van der Waals surface area (Å²) in [4.78, 5) is 24.7. The first-order valence-electron chi connectivity index (χ1n) is 9.90. The van der Waals surface area contributed by atoms with Crippen molar-refractivity contribution >= 4 is 33.2 Å². The summed E-state index contributed by atoms with van der Waals surface area (Å²) < 4.78 is 2.67. The first-order chi connectivity index (χ1) is 14.1. The minimum Gasteiger partial charge on any atom is -0.365 e. The van der Waals surface area contributed by atoms with Crippen LogP contribution in [0.1, 0.15) is 53.3 Å². The second-order valence-electron chi connectivity index (χ2n) is 7.55. The van der Waals surface area contributed by atoms with Gasteiger partial charge in [-0.05, 0) is 65.0 Å². The maximum atomic E-state index is 12.1. The molecule has 0 aliphatic heterocycles. The molecule has 0 radical (unpaired) electrons. The molecule has 9 heteroatoms. The van der Waals surface area contributed by atoms with Crippen molar-refractivity contribution in [3.8, 4) is 0 Å². The van der Waals surface area contributed by atoms with Gasteiger partial charge in [0.05, 0.1) is 11.4 Å². The van der Waals surface area contributed by atoms with Crippen LogP contribution in [-0.4, -0.2) is 38.6 Å². The fourth-order valence-corrected chi connectivity index (χ4v) is 5.30. The van der Waals surface area contributed by atoms with Gasteiger partial charge in [0, 0.05) is 17.7 Å². The predicted molar refractivity (Wildman–Crippen MR) is 110 cm³/mol. The largest absolute Gasteiger partial charge is 0.365 e. The molecule has 0 atom stereocenters. The Labute approximate surface area is 172 Å². The second-order valence-corrected chi connectivity index (χ2v) is 8.60. The van der Waals surface area contributed by atoms with Crippen molar-refractivity contribution < 1.29 is 9.59 Å². The molecule has 8 nitrogen and oxygen atoms in total. The van der Waals surface area contributed by atoms with Gasteiger partial charge >= 0.3 is 0 Å². The zero-order valence-corrected chi connectivity index (χ0v) is 16.9. The number of primary amides is 1. The number of amides is 2. The summed E-state index contributed by atoms with van der Waals surface area (Å²) in [6.07, 6.45) is 5.94. The van der Waals surface area contributed by atoms with Crippen LogP contribution in [0.4, 0.5) is 0 Å². The SMILES string of the molecule is NC(=O)c1sc2ccccc2c1C1CCC(CNC(=O)CCn2cnnn2)CC1. The van der Waals surface area contributed by atoms with Gasteiger partial charge in [-0.1, -0.05) is 18.2 Å². The maximum absolute atomic E-state index is 12.1. The van der Waals surface area contributed by atoms with Crippen LogP contribution in [0.15, 0.2) is 30.6 Å². The number of nitrogens with one attached hydrogen (secondary N) is 1. The maximum Gasteiger partial charge on any atom is 0.259 e. The zero-order chi connectivity index (χ0) is 20.2. The van der Waals surface area contributed by atoms with Gasteiger partial charge in [-0.3, -0.25) is 9.59 Å². The first kappa shape index (κ1) is 19.5. The van der Waals surface area contributed by atoms with Crippen LogP contribution >= 0.6 is 11.3 Å². The summed E-state index contributed by atoms with van der Waals surface area (Å²) in [5, 5.41) is 15.1. The molecule has 1 aromatic carbocycles. The number of tetrazole rings is 1. The normalized spacial score (nSPS) is 19.3. The number of benzene rings is 1. The molecule has 0 unspecified atom stereocenters. The quantitative estimate of drug-likeness (QED) is 0.618. The van der Waals surface area contributed by atoms with Gasteiger partial charge in [0.15, 0.2) is 0 Å². The Morgan fingerprint density at radius 2 is 2.00 bits per heavy atom. The number of rotatable bonds is 7. The van der Waals surface area contributed by atoms with Crippen molar-refractivity contribution in [1.29, 1.82) is 0 Å². The molecule has 3 aromatic rings. The van der Waals surface area contributed by atoms with Gasteiger partial charge in [0.25, 0.3) is 5.91 Å². The lowest BCUT2D eigenvalue weighted by Crippen LogP contribution is -2.31. The van der Waals surface area contributed by atoms with E-state index in [1.165, 1.54) is 17.7 Å². The summed E-state index contributed by atoms with van der Waals surface area (Å²) in [6.45, 7) is 1.17. The van der Waals surface area contributed by atoms with Gasteiger partial charge in [0.1, 0.15) is 6.33 Å². The molecule has 1 saturated carbocycles. The minimum absolute atomic E-state index is 0.0162. The Balaban J connectivity index is 1.32. The number of thiophene rings is 1. The summed E-state index contributed by atoms with van der Waals surface area (Å²) in [6, 6.07) is 8.14. The van der Waals surface area contributed by atoms with Crippen molar-refractivity contribution in [3.63, 3.8) is 0 Å². The van der Waals surface area contributed by atoms with Gasteiger partial charge in [-0.2, -0.15) is 0 Å². The molecule has 2 aromatic heterocycles. The Hall–Kier alpha value is -2.81. The summed E-state index contributed by atoms with van der Waals surface area (Å²) in [7, 11) is 0. The lowest BCUT2D eigenvalue weighted by molar-refractivity contribution is -0.121. The van der Waals surface area contributed by atoms with Crippen LogP contribution in [0.25, 0.3) is 10.1 Å². The molecule has 1 aliphatic rings. The van der Waals surface area contributed by atoms with Crippen molar-refractivity contribution in [1.82, 2.24) is 25.5 Å². The van der Waals surface area contributed by atoms with Crippen LogP contribution in [0.3, 0.4) is 0 Å². The first-order valence-corrected chi connectivity index (χ1v) is 10.7. The lowest BCUT2D eigenvalue weighted by Gasteiger charge is -2.29. The smallest absolute Gasteiger partial charge is 0.259 e. The number of nitrogens with zero attached hydrogens (tertiary/aromatic N) is 4. The van der Waals surface area contributed by atoms with Gasteiger partial charge in [-0.25, -0.2) is 4.68 Å². The molecule has 29 heavy (non-hydrogen) atoms. The van der Waals surface area contributed by atoms with Gasteiger partial charge in [0.2, 0.25) is 5.91 Å². The van der Waals surface area contributed by atoms with Crippen LogP contribution in [0.2, 0.25) is 0 Å². The number of carbonyl (C=O) groups is 2. The number of aryl methyl sites for hydroxylation is 1. The van der Waals surface area contributed by atoms with E-state index in [1.807, 2.05) is 18.2 Å². The molecule has 2 heterocycles. The third-order valence-corrected chi connectivity index (χ3v) is 6.86. The van der Waals surface area contributed by atoms with Crippen LogP contribution in [-0.2, 0) is 11.3 Å². The van der Waals surface area contributed by atoms with Crippen molar-refractivity contribution in [2.24, 2.45) is 11.7 Å². The number of fused-ring (bicyclic) bond motifs is 1. The van der Waals surface area contributed by atoms with Crippen molar-refractivity contribution in [2.75, 3.05) is 6.54 Å². The van der Waals surface area contributed by atoms with E-state index in [9.17, 15) is 9.59 Å². The minimum atomic E-state index is -0.335. The highest BCUT2D eigenvalue weighted by molar-refractivity contribution is 7.21. The fourth-order valence-electron chi connectivity index (χ4n) is 4.15. The monoisotopic (exact) mass is 412 g/mol. The zero-order valence-electron chi connectivity index (χ0n) is 16.1. The van der Waals surface area contributed by atoms with Crippen molar-refractivity contribution in [3.05, 3.63) is 41.0 Å². The van der Waals surface area contributed by atoms with E-state index in [2.05, 4.69) is 26.9 Å². The molecular formula is C20H24N6O2S. The summed E-state index contributed by atoms with van der Waals surface area (Å²) >= 11 is 1.50. The van der Waals surface area contributed by atoms with Crippen molar-refractivity contribution in [2.45, 2.75) is 44.6 Å². The predicted octanol–water partition coefficient (Wildman–Crippen LogP) is 2.47. The topological polar surface area (TPSA) is 116 Å². The third kappa shape index (κ3) is 4.45. The Bertz CT molecular complexity index is 992. The summed E-state index contributed by atoms with van der Waals surface area (Å²) in [5.41, 5.74) is 6.79. The molecule has 2 amide bonds. The molecule has 0 saturated heterocycles. The van der Waals surface area contributed by atoms with E-state index in [0.29, 0.717) is 36.2 Å². The van der Waals surface area contributed by atoms with Crippen LogP contribution < -0.4 is 11.1 Å². The Kier molecular flexibility index (Phi) is 5.84. The Morgan fingerprint density at radius 1 is 1.21 bits per heavy atom. The van der Waals surface area contributed by atoms with E-state index < -0.39 is 0 Å². The van der Waals surface area contributed by atoms with E-state index in [0.717, 1.165) is 41.3 Å². The molecule has 1 aliphatic carbocycles. The molecule has 152 valence electrons. The number of aromatic nitrogens is 4. The summed E-state index contributed by atoms with van der Waals surface area (Å²) in [5.74, 6) is 0.492. The van der Waals surface area contributed by atoms with E-state index in [-0.39, 0.29) is 11.8 Å². The highest BCUT2D eigenvalue weighted by Gasteiger charge is 2.28. The number of nitrogens with two attached hydrogens (primary N) is 1.